The third-order valence-electron chi connectivity index (χ3n) is 2.10. The molecule has 1 aromatic rings. The van der Waals surface area contributed by atoms with Gasteiger partial charge < -0.3 is 9.53 Å². The van der Waals surface area contributed by atoms with Crippen molar-refractivity contribution >= 4 is 12.3 Å². The molecule has 3 nitrogen and oxygen atoms in total. The van der Waals surface area contributed by atoms with E-state index in [1.165, 1.54) is 6.92 Å². The van der Waals surface area contributed by atoms with E-state index in [1.807, 2.05) is 24.3 Å². The van der Waals surface area contributed by atoms with Gasteiger partial charge >= 0.3 is 5.97 Å². The summed E-state index contributed by atoms with van der Waals surface area (Å²) in [5.41, 5.74) is 2.06. The summed E-state index contributed by atoms with van der Waals surface area (Å²) in [5.74, 6) is -0.275. The molecule has 0 saturated carbocycles. The highest BCUT2D eigenvalue weighted by Gasteiger charge is 2.01. The molecule has 0 N–H and O–H groups in total. The van der Waals surface area contributed by atoms with Gasteiger partial charge in [0.15, 0.2) is 0 Å². The molecule has 0 aromatic heterocycles. The van der Waals surface area contributed by atoms with Crippen LogP contribution in [0.25, 0.3) is 0 Å². The summed E-state index contributed by atoms with van der Waals surface area (Å²) in [7, 11) is 0. The highest BCUT2D eigenvalue weighted by atomic mass is 16.5. The van der Waals surface area contributed by atoms with Crippen molar-refractivity contribution in [2.75, 3.05) is 6.61 Å². The molecule has 15 heavy (non-hydrogen) atoms. The van der Waals surface area contributed by atoms with Gasteiger partial charge in [-0.05, 0) is 11.1 Å². The van der Waals surface area contributed by atoms with Crippen LogP contribution in [-0.2, 0) is 27.2 Å². The van der Waals surface area contributed by atoms with Gasteiger partial charge in [-0.25, -0.2) is 0 Å². The maximum absolute atomic E-state index is 10.6. The number of benzene rings is 1. The molecule has 3 heteroatoms. The van der Waals surface area contributed by atoms with E-state index in [2.05, 4.69) is 0 Å². The maximum Gasteiger partial charge on any atom is 0.302 e. The van der Waals surface area contributed by atoms with E-state index in [4.69, 9.17) is 4.74 Å². The van der Waals surface area contributed by atoms with Crippen LogP contribution in [0, 0.1) is 0 Å². The lowest BCUT2D eigenvalue weighted by Crippen LogP contribution is -2.05. The van der Waals surface area contributed by atoms with Gasteiger partial charge in [-0.1, -0.05) is 24.3 Å². The molecule has 0 amide bonds. The lowest BCUT2D eigenvalue weighted by Gasteiger charge is -2.06. The molecule has 80 valence electrons. The first kappa shape index (κ1) is 11.4. The number of aldehydes is 1. The Morgan fingerprint density at radius 3 is 2.60 bits per heavy atom. The lowest BCUT2D eigenvalue weighted by molar-refractivity contribution is -0.140. The Hall–Kier alpha value is -1.64. The second-order valence-electron chi connectivity index (χ2n) is 3.23. The number of rotatable bonds is 5. The molecular formula is C12H14O3. The minimum atomic E-state index is -0.275. The Morgan fingerprint density at radius 2 is 2.00 bits per heavy atom. The molecule has 0 saturated heterocycles. The van der Waals surface area contributed by atoms with Crippen LogP contribution in [0.2, 0.25) is 0 Å². The molecule has 0 bridgehead atoms. The predicted molar refractivity (Wildman–Crippen MR) is 56.5 cm³/mol. The largest absolute Gasteiger partial charge is 0.466 e. The summed E-state index contributed by atoms with van der Waals surface area (Å²) in [6, 6.07) is 7.67. The molecule has 0 atom stereocenters. The molecule has 1 rings (SSSR count). The number of carbonyl (C=O) groups is 2. The van der Waals surface area contributed by atoms with Crippen LogP contribution in [-0.4, -0.2) is 18.9 Å². The fraction of sp³-hybridized carbons (Fsp3) is 0.333. The van der Waals surface area contributed by atoms with E-state index in [0.717, 1.165) is 17.4 Å². The van der Waals surface area contributed by atoms with Crippen molar-refractivity contribution in [3.05, 3.63) is 35.4 Å². The van der Waals surface area contributed by atoms with Crippen LogP contribution >= 0.6 is 0 Å². The van der Waals surface area contributed by atoms with E-state index < -0.39 is 0 Å². The maximum atomic E-state index is 10.6. The third kappa shape index (κ3) is 3.94. The van der Waals surface area contributed by atoms with Crippen LogP contribution in [0.1, 0.15) is 18.1 Å². The quantitative estimate of drug-likeness (QED) is 0.542. The Labute approximate surface area is 89.1 Å². The second kappa shape index (κ2) is 5.96. The molecule has 1 aromatic carbocycles. The Bertz CT molecular complexity index is 344. The first-order chi connectivity index (χ1) is 7.24. The average molecular weight is 206 g/mol. The highest BCUT2D eigenvalue weighted by Crippen LogP contribution is 2.09. The van der Waals surface area contributed by atoms with Gasteiger partial charge in [0.25, 0.3) is 0 Å². The average Bonchev–Trinajstić information content (AvgIpc) is 2.20. The molecule has 0 heterocycles. The summed E-state index contributed by atoms with van der Waals surface area (Å²) in [6.45, 7) is 1.75. The van der Waals surface area contributed by atoms with E-state index >= 15 is 0 Å². The molecule has 0 fully saturated rings. The van der Waals surface area contributed by atoms with Crippen LogP contribution in [0.3, 0.4) is 0 Å². The molecular weight excluding hydrogens is 192 g/mol. The summed E-state index contributed by atoms with van der Waals surface area (Å²) in [5, 5.41) is 0. The second-order valence-corrected chi connectivity index (χ2v) is 3.23. The minimum absolute atomic E-state index is 0.275. The lowest BCUT2D eigenvalue weighted by atomic mass is 10.0. The molecule has 0 spiro atoms. The topological polar surface area (TPSA) is 43.4 Å². The van der Waals surface area contributed by atoms with E-state index in [0.29, 0.717) is 19.4 Å². The van der Waals surface area contributed by atoms with Gasteiger partial charge in [0.2, 0.25) is 0 Å². The number of esters is 1. The predicted octanol–water partition coefficient (Wildman–Crippen LogP) is 1.53. The third-order valence-corrected chi connectivity index (χ3v) is 2.10. The normalized spacial score (nSPS) is 9.67. The van der Waals surface area contributed by atoms with Gasteiger partial charge in [0.05, 0.1) is 6.61 Å². The van der Waals surface area contributed by atoms with Crippen LogP contribution < -0.4 is 0 Å². The highest BCUT2D eigenvalue weighted by molar-refractivity contribution is 5.65. The van der Waals surface area contributed by atoms with Crippen molar-refractivity contribution in [1.29, 1.82) is 0 Å². The van der Waals surface area contributed by atoms with Gasteiger partial charge in [0.1, 0.15) is 6.29 Å². The number of carbonyl (C=O) groups excluding carboxylic acids is 2. The van der Waals surface area contributed by atoms with Crippen molar-refractivity contribution in [2.24, 2.45) is 0 Å². The van der Waals surface area contributed by atoms with Crippen molar-refractivity contribution in [2.45, 2.75) is 19.8 Å². The summed E-state index contributed by atoms with van der Waals surface area (Å²) in [4.78, 5) is 21.0. The van der Waals surface area contributed by atoms with E-state index in [9.17, 15) is 9.59 Å². The van der Waals surface area contributed by atoms with Crippen LogP contribution in [0.15, 0.2) is 24.3 Å². The van der Waals surface area contributed by atoms with E-state index in [1.54, 1.807) is 0 Å². The number of ether oxygens (including phenoxy) is 1. The van der Waals surface area contributed by atoms with Gasteiger partial charge in [-0.3, -0.25) is 4.79 Å². The Balaban J connectivity index is 2.58. The fourth-order valence-corrected chi connectivity index (χ4v) is 1.40. The van der Waals surface area contributed by atoms with Gasteiger partial charge in [-0.2, -0.15) is 0 Å². The molecule has 0 radical (unpaired) electrons. The smallest absolute Gasteiger partial charge is 0.302 e. The Morgan fingerprint density at radius 1 is 1.33 bits per heavy atom. The summed E-state index contributed by atoms with van der Waals surface area (Å²) < 4.78 is 4.85. The van der Waals surface area contributed by atoms with Gasteiger partial charge in [-0.15, -0.1) is 0 Å². The van der Waals surface area contributed by atoms with Crippen molar-refractivity contribution < 1.29 is 14.3 Å². The SMILES string of the molecule is CC(=O)OCCc1ccccc1CC=O. The molecule has 0 aliphatic heterocycles. The first-order valence-corrected chi connectivity index (χ1v) is 4.88. The standard InChI is InChI=1S/C12H14O3/c1-10(14)15-9-7-12-5-3-2-4-11(12)6-8-13/h2-5,8H,6-7,9H2,1H3. The summed E-state index contributed by atoms with van der Waals surface area (Å²) >= 11 is 0. The van der Waals surface area contributed by atoms with Crippen molar-refractivity contribution in [3.63, 3.8) is 0 Å². The van der Waals surface area contributed by atoms with Crippen molar-refractivity contribution in [1.82, 2.24) is 0 Å². The fourth-order valence-electron chi connectivity index (χ4n) is 1.40. The van der Waals surface area contributed by atoms with Crippen LogP contribution in [0.4, 0.5) is 0 Å². The van der Waals surface area contributed by atoms with E-state index in [-0.39, 0.29) is 5.97 Å². The number of hydrogen-bond acceptors (Lipinski definition) is 3. The molecule has 0 aliphatic carbocycles. The first-order valence-electron chi connectivity index (χ1n) is 4.88. The van der Waals surface area contributed by atoms with Crippen molar-refractivity contribution in [3.8, 4) is 0 Å². The summed E-state index contributed by atoms with van der Waals surface area (Å²) in [6.07, 6.45) is 1.95. The number of hydrogen-bond donors (Lipinski definition) is 0. The van der Waals surface area contributed by atoms with Gasteiger partial charge in [0, 0.05) is 19.8 Å². The molecule has 0 unspecified atom stereocenters. The molecule has 0 aliphatic rings. The zero-order valence-electron chi connectivity index (χ0n) is 8.73. The zero-order valence-corrected chi connectivity index (χ0v) is 8.73. The monoisotopic (exact) mass is 206 g/mol. The minimum Gasteiger partial charge on any atom is -0.466 e. The zero-order chi connectivity index (χ0) is 11.1. The Kier molecular flexibility index (Phi) is 4.54. The van der Waals surface area contributed by atoms with Crippen LogP contribution in [0.5, 0.6) is 0 Å².